The average molecular weight is 440 g/mol. The maximum absolute atomic E-state index is 13.1. The molecule has 0 unspecified atom stereocenters. The summed E-state index contributed by atoms with van der Waals surface area (Å²) in [6.45, 7) is 5.86. The molecule has 2 aromatic carbocycles. The molecule has 0 radical (unpaired) electrons. The van der Waals surface area contributed by atoms with Crippen LogP contribution in [0.15, 0.2) is 54.6 Å². The van der Waals surface area contributed by atoms with Gasteiger partial charge in [0, 0.05) is 6.04 Å². The van der Waals surface area contributed by atoms with Gasteiger partial charge in [-0.25, -0.2) is 9.59 Å². The van der Waals surface area contributed by atoms with Gasteiger partial charge in [0.25, 0.3) is 0 Å². The highest BCUT2D eigenvalue weighted by Crippen LogP contribution is 2.29. The van der Waals surface area contributed by atoms with Crippen molar-refractivity contribution < 1.29 is 23.8 Å². The zero-order valence-electron chi connectivity index (χ0n) is 19.4. The van der Waals surface area contributed by atoms with Crippen LogP contribution in [0.5, 0.6) is 5.75 Å². The van der Waals surface area contributed by atoms with Crippen molar-refractivity contribution in [3.8, 4) is 5.75 Å². The molecule has 1 aliphatic rings. The van der Waals surface area contributed by atoms with Crippen LogP contribution >= 0.6 is 0 Å². The molecule has 1 aliphatic carbocycles. The van der Waals surface area contributed by atoms with Crippen LogP contribution in [0.2, 0.25) is 0 Å². The molecule has 6 heteroatoms. The summed E-state index contributed by atoms with van der Waals surface area (Å²) in [5.41, 5.74) is 0.600. The third-order valence-corrected chi connectivity index (χ3v) is 5.52. The number of hydrogen-bond acceptors (Lipinski definition) is 5. The van der Waals surface area contributed by atoms with E-state index in [2.05, 4.69) is 0 Å². The van der Waals surface area contributed by atoms with Gasteiger partial charge in [-0.3, -0.25) is 0 Å². The van der Waals surface area contributed by atoms with Crippen LogP contribution in [0.25, 0.3) is 0 Å². The summed E-state index contributed by atoms with van der Waals surface area (Å²) in [4.78, 5) is 27.1. The van der Waals surface area contributed by atoms with Crippen molar-refractivity contribution in [1.82, 2.24) is 4.90 Å². The van der Waals surface area contributed by atoms with Gasteiger partial charge in [0.15, 0.2) is 0 Å². The van der Waals surface area contributed by atoms with Crippen LogP contribution in [0.4, 0.5) is 4.79 Å². The van der Waals surface area contributed by atoms with Crippen LogP contribution in [-0.2, 0) is 16.0 Å². The molecule has 0 saturated heterocycles. The van der Waals surface area contributed by atoms with Crippen LogP contribution in [0.1, 0.15) is 62.4 Å². The first-order valence-corrected chi connectivity index (χ1v) is 11.1. The van der Waals surface area contributed by atoms with Gasteiger partial charge < -0.3 is 19.1 Å². The first-order valence-electron chi connectivity index (χ1n) is 11.1. The Morgan fingerprint density at radius 1 is 0.938 bits per heavy atom. The van der Waals surface area contributed by atoms with E-state index in [1.165, 1.54) is 7.11 Å². The van der Waals surface area contributed by atoms with Crippen LogP contribution in [0.3, 0.4) is 0 Å². The number of methoxy groups -OCH3 is 1. The predicted molar refractivity (Wildman–Crippen MR) is 123 cm³/mol. The van der Waals surface area contributed by atoms with E-state index in [4.69, 9.17) is 14.2 Å². The topological polar surface area (TPSA) is 65.1 Å². The zero-order chi connectivity index (χ0) is 23.1. The summed E-state index contributed by atoms with van der Waals surface area (Å²) in [6, 6.07) is 17.0. The minimum atomic E-state index is -0.606. The fourth-order valence-electron chi connectivity index (χ4n) is 3.98. The summed E-state index contributed by atoms with van der Waals surface area (Å²) in [7, 11) is 1.36. The molecule has 3 rings (SSSR count). The number of ether oxygens (including phenoxy) is 3. The van der Waals surface area contributed by atoms with Gasteiger partial charge in [-0.15, -0.1) is 0 Å². The molecule has 2 aromatic rings. The molecule has 1 saturated carbocycles. The highest BCUT2D eigenvalue weighted by atomic mass is 16.6. The highest BCUT2D eigenvalue weighted by molar-refractivity contribution is 5.91. The molecule has 0 heterocycles. The van der Waals surface area contributed by atoms with Gasteiger partial charge >= 0.3 is 12.1 Å². The van der Waals surface area contributed by atoms with Gasteiger partial charge in [-0.2, -0.15) is 0 Å². The van der Waals surface area contributed by atoms with Gasteiger partial charge in [0.1, 0.15) is 11.4 Å². The second-order valence-corrected chi connectivity index (χ2v) is 9.12. The van der Waals surface area contributed by atoms with Crippen molar-refractivity contribution in [2.45, 2.75) is 70.7 Å². The molecule has 0 N–H and O–H groups in total. The Morgan fingerprint density at radius 3 is 2.19 bits per heavy atom. The van der Waals surface area contributed by atoms with Gasteiger partial charge in [0.05, 0.1) is 25.3 Å². The minimum Gasteiger partial charge on any atom is -0.490 e. The number of hydrogen-bond donors (Lipinski definition) is 0. The molecule has 1 fully saturated rings. The lowest BCUT2D eigenvalue weighted by Gasteiger charge is -2.38. The van der Waals surface area contributed by atoms with E-state index in [0.29, 0.717) is 5.56 Å². The van der Waals surface area contributed by atoms with E-state index in [0.717, 1.165) is 37.0 Å². The van der Waals surface area contributed by atoms with Gasteiger partial charge in [-0.05, 0) is 70.2 Å². The summed E-state index contributed by atoms with van der Waals surface area (Å²) >= 11 is 0. The maximum Gasteiger partial charge on any atom is 0.410 e. The van der Waals surface area contributed by atoms with Crippen molar-refractivity contribution in [2.24, 2.45) is 0 Å². The van der Waals surface area contributed by atoms with Crippen LogP contribution in [0, 0.1) is 0 Å². The molecule has 6 nitrogen and oxygen atoms in total. The Labute approximate surface area is 190 Å². The number of rotatable bonds is 6. The number of carbonyl (C=O) groups is 2. The Hall–Kier alpha value is -3.02. The summed E-state index contributed by atoms with van der Waals surface area (Å²) in [5, 5.41) is 0. The SMILES string of the molecule is COC(=O)c1ccccc1CN(C(=O)OC(C)(C)C)C1CCC(Oc2ccccc2)CC1. The first-order chi connectivity index (χ1) is 15.3. The first kappa shape index (κ1) is 23.6. The van der Waals surface area contributed by atoms with E-state index >= 15 is 0 Å². The molecule has 0 aliphatic heterocycles. The second-order valence-electron chi connectivity index (χ2n) is 9.12. The number of amides is 1. The molecule has 0 spiro atoms. The molecular weight excluding hydrogens is 406 g/mol. The number of nitrogens with zero attached hydrogens (tertiary/aromatic N) is 1. The Morgan fingerprint density at radius 2 is 1.56 bits per heavy atom. The molecule has 1 amide bonds. The zero-order valence-corrected chi connectivity index (χ0v) is 19.4. The Bertz CT molecular complexity index is 898. The van der Waals surface area contributed by atoms with Crippen molar-refractivity contribution >= 4 is 12.1 Å². The summed E-state index contributed by atoms with van der Waals surface area (Å²) in [6.07, 6.45) is 3.05. The molecule has 0 bridgehead atoms. The van der Waals surface area contributed by atoms with Crippen molar-refractivity contribution in [3.05, 3.63) is 65.7 Å². The Kier molecular flexibility index (Phi) is 7.78. The van der Waals surface area contributed by atoms with E-state index in [9.17, 15) is 9.59 Å². The monoisotopic (exact) mass is 439 g/mol. The fraction of sp³-hybridized carbons (Fsp3) is 0.462. The van der Waals surface area contributed by atoms with Crippen molar-refractivity contribution in [3.63, 3.8) is 0 Å². The summed E-state index contributed by atoms with van der Waals surface area (Å²) in [5.74, 6) is 0.455. The summed E-state index contributed by atoms with van der Waals surface area (Å²) < 4.78 is 16.8. The number of esters is 1. The predicted octanol–water partition coefficient (Wildman–Crippen LogP) is 5.60. The minimum absolute atomic E-state index is 0.00572. The maximum atomic E-state index is 13.1. The van der Waals surface area contributed by atoms with E-state index in [-0.39, 0.29) is 24.8 Å². The fourth-order valence-corrected chi connectivity index (χ4v) is 3.98. The van der Waals surface area contributed by atoms with E-state index < -0.39 is 11.6 Å². The lowest BCUT2D eigenvalue weighted by molar-refractivity contribution is 0.00422. The van der Waals surface area contributed by atoms with Crippen molar-refractivity contribution in [1.29, 1.82) is 0 Å². The highest BCUT2D eigenvalue weighted by Gasteiger charge is 2.33. The number of benzene rings is 2. The third kappa shape index (κ3) is 6.49. The normalized spacial score (nSPS) is 18.5. The second kappa shape index (κ2) is 10.5. The molecule has 32 heavy (non-hydrogen) atoms. The lowest BCUT2D eigenvalue weighted by Crippen LogP contribution is -2.45. The number of carbonyl (C=O) groups excluding carboxylic acids is 2. The number of para-hydroxylation sites is 1. The quantitative estimate of drug-likeness (QED) is 0.548. The van der Waals surface area contributed by atoms with Crippen LogP contribution in [-0.4, -0.2) is 41.8 Å². The van der Waals surface area contributed by atoms with Crippen molar-refractivity contribution in [2.75, 3.05) is 7.11 Å². The Balaban J connectivity index is 1.74. The van der Waals surface area contributed by atoms with Crippen LogP contribution < -0.4 is 4.74 Å². The largest absolute Gasteiger partial charge is 0.490 e. The van der Waals surface area contributed by atoms with E-state index in [1.807, 2.05) is 63.2 Å². The average Bonchev–Trinajstić information content (AvgIpc) is 2.77. The lowest BCUT2D eigenvalue weighted by atomic mass is 9.91. The third-order valence-electron chi connectivity index (χ3n) is 5.52. The smallest absolute Gasteiger partial charge is 0.410 e. The molecular formula is C26H33NO5. The standard InChI is InChI=1S/C26H33NO5/c1-26(2,3)32-25(29)27(18-19-10-8-9-13-23(19)24(28)30-4)20-14-16-22(17-15-20)31-21-11-6-5-7-12-21/h5-13,20,22H,14-18H2,1-4H3. The molecule has 0 atom stereocenters. The van der Waals surface area contributed by atoms with Gasteiger partial charge in [-0.1, -0.05) is 36.4 Å². The molecule has 172 valence electrons. The van der Waals surface area contributed by atoms with Gasteiger partial charge in [0.2, 0.25) is 0 Å². The molecule has 0 aromatic heterocycles. The van der Waals surface area contributed by atoms with E-state index in [1.54, 1.807) is 17.0 Å².